The molecule has 1 saturated heterocycles. The molecule has 2 rings (SSSR count). The Labute approximate surface area is 112 Å². The summed E-state index contributed by atoms with van der Waals surface area (Å²) in [6.45, 7) is 3.80. The molecule has 0 spiro atoms. The highest BCUT2D eigenvalue weighted by Gasteiger charge is 2.22. The Kier molecular flexibility index (Phi) is 8.84. The molecule has 0 aromatic rings. The number of nitrogens with one attached hydrogen (secondary N) is 1. The van der Waals surface area contributed by atoms with Gasteiger partial charge in [0.1, 0.15) is 0 Å². The number of nitrogens with zero attached hydrogens (tertiary/aromatic N) is 1. The molecule has 1 atom stereocenters. The lowest BCUT2D eigenvalue weighted by Crippen LogP contribution is -2.37. The topological polar surface area (TPSA) is 15.3 Å². The summed E-state index contributed by atoms with van der Waals surface area (Å²) in [5.74, 6) is 0.918. The molecule has 4 heteroatoms. The highest BCUT2D eigenvalue weighted by atomic mass is 35.5. The summed E-state index contributed by atoms with van der Waals surface area (Å²) in [6.07, 6.45) is 8.65. The van der Waals surface area contributed by atoms with Crippen molar-refractivity contribution in [3.05, 3.63) is 0 Å². The molecule has 0 radical (unpaired) electrons. The van der Waals surface area contributed by atoms with Crippen LogP contribution in [0.15, 0.2) is 0 Å². The van der Waals surface area contributed by atoms with Crippen LogP contribution in [0.1, 0.15) is 38.5 Å². The molecule has 2 aliphatic rings. The van der Waals surface area contributed by atoms with E-state index in [-0.39, 0.29) is 24.8 Å². The number of rotatable bonds is 3. The Morgan fingerprint density at radius 2 is 1.75 bits per heavy atom. The van der Waals surface area contributed by atoms with Gasteiger partial charge in [-0.25, -0.2) is 0 Å². The first-order valence-electron chi connectivity index (χ1n) is 6.27. The first kappa shape index (κ1) is 16.5. The zero-order valence-electron chi connectivity index (χ0n) is 10.3. The quantitative estimate of drug-likeness (QED) is 0.847. The van der Waals surface area contributed by atoms with Crippen LogP contribution in [0.4, 0.5) is 0 Å². The van der Waals surface area contributed by atoms with E-state index in [9.17, 15) is 0 Å². The van der Waals surface area contributed by atoms with Crippen LogP contribution < -0.4 is 5.32 Å². The van der Waals surface area contributed by atoms with Gasteiger partial charge in [-0.1, -0.05) is 19.3 Å². The van der Waals surface area contributed by atoms with Crippen molar-refractivity contribution in [2.45, 2.75) is 44.6 Å². The van der Waals surface area contributed by atoms with Gasteiger partial charge < -0.3 is 10.2 Å². The van der Waals surface area contributed by atoms with Crippen molar-refractivity contribution in [2.24, 2.45) is 5.92 Å². The van der Waals surface area contributed by atoms with Gasteiger partial charge >= 0.3 is 0 Å². The lowest BCUT2D eigenvalue weighted by atomic mass is 9.94. The van der Waals surface area contributed by atoms with Crippen molar-refractivity contribution in [1.82, 2.24) is 10.2 Å². The van der Waals surface area contributed by atoms with Crippen LogP contribution in [0.25, 0.3) is 0 Å². The van der Waals surface area contributed by atoms with Crippen molar-refractivity contribution in [3.8, 4) is 0 Å². The van der Waals surface area contributed by atoms with Crippen LogP contribution in [0, 0.1) is 5.92 Å². The van der Waals surface area contributed by atoms with E-state index in [1.807, 2.05) is 0 Å². The summed E-state index contributed by atoms with van der Waals surface area (Å²) in [7, 11) is 2.33. The average Bonchev–Trinajstić information content (AvgIpc) is 2.72. The molecule has 1 saturated carbocycles. The standard InChI is InChI=1S/C12H24N2.2ClH/c1-14(10-11-7-8-13-9-11)12-5-3-2-4-6-12;;/h11-13H,2-10H2,1H3;2*1H. The third-order valence-electron chi connectivity index (χ3n) is 3.91. The minimum atomic E-state index is 0. The van der Waals surface area contributed by atoms with Gasteiger partial charge in [-0.05, 0) is 45.3 Å². The molecule has 0 aromatic carbocycles. The van der Waals surface area contributed by atoms with Crippen LogP contribution in [0.5, 0.6) is 0 Å². The van der Waals surface area contributed by atoms with E-state index in [0.29, 0.717) is 0 Å². The van der Waals surface area contributed by atoms with Gasteiger partial charge in [0.15, 0.2) is 0 Å². The summed E-state index contributed by atoms with van der Waals surface area (Å²) < 4.78 is 0. The van der Waals surface area contributed by atoms with Crippen molar-refractivity contribution in [2.75, 3.05) is 26.7 Å². The lowest BCUT2D eigenvalue weighted by Gasteiger charge is -2.32. The Morgan fingerprint density at radius 3 is 2.31 bits per heavy atom. The van der Waals surface area contributed by atoms with E-state index in [1.165, 1.54) is 58.2 Å². The molecule has 2 fully saturated rings. The maximum atomic E-state index is 3.45. The summed E-state index contributed by atoms with van der Waals surface area (Å²) in [5, 5.41) is 3.45. The minimum absolute atomic E-state index is 0. The molecule has 1 aliphatic carbocycles. The summed E-state index contributed by atoms with van der Waals surface area (Å²) in [6, 6.07) is 0.893. The van der Waals surface area contributed by atoms with E-state index in [1.54, 1.807) is 0 Å². The highest BCUT2D eigenvalue weighted by Crippen LogP contribution is 2.22. The van der Waals surface area contributed by atoms with Crippen molar-refractivity contribution >= 4 is 24.8 Å². The second-order valence-electron chi connectivity index (χ2n) is 5.09. The maximum absolute atomic E-state index is 3.45. The summed E-state index contributed by atoms with van der Waals surface area (Å²) >= 11 is 0. The highest BCUT2D eigenvalue weighted by molar-refractivity contribution is 5.85. The lowest BCUT2D eigenvalue weighted by molar-refractivity contribution is 0.170. The van der Waals surface area contributed by atoms with Gasteiger partial charge in [0.25, 0.3) is 0 Å². The normalized spacial score (nSPS) is 26.2. The van der Waals surface area contributed by atoms with E-state index in [0.717, 1.165) is 12.0 Å². The van der Waals surface area contributed by atoms with Crippen molar-refractivity contribution < 1.29 is 0 Å². The van der Waals surface area contributed by atoms with Crippen LogP contribution in [0.3, 0.4) is 0 Å². The van der Waals surface area contributed by atoms with Crippen molar-refractivity contribution in [1.29, 1.82) is 0 Å². The zero-order chi connectivity index (χ0) is 9.80. The Morgan fingerprint density at radius 1 is 1.06 bits per heavy atom. The van der Waals surface area contributed by atoms with Crippen LogP contribution >= 0.6 is 24.8 Å². The molecule has 16 heavy (non-hydrogen) atoms. The molecule has 0 bridgehead atoms. The fraction of sp³-hybridized carbons (Fsp3) is 1.00. The number of hydrogen-bond acceptors (Lipinski definition) is 2. The Balaban J connectivity index is 0.00000112. The molecule has 0 amide bonds. The van der Waals surface area contributed by atoms with Gasteiger partial charge in [0.05, 0.1) is 0 Å². The zero-order valence-corrected chi connectivity index (χ0v) is 11.9. The van der Waals surface area contributed by atoms with Crippen LogP contribution in [0.2, 0.25) is 0 Å². The molecule has 2 nitrogen and oxygen atoms in total. The molecule has 98 valence electrons. The second kappa shape index (κ2) is 8.57. The summed E-state index contributed by atoms with van der Waals surface area (Å²) in [5.41, 5.74) is 0. The predicted molar refractivity (Wildman–Crippen MR) is 75.0 cm³/mol. The Hall–Kier alpha value is 0.500. The van der Waals surface area contributed by atoms with Gasteiger partial charge in [-0.15, -0.1) is 24.8 Å². The smallest absolute Gasteiger partial charge is 0.00923 e. The molecule has 1 N–H and O–H groups in total. The van der Waals surface area contributed by atoms with E-state index < -0.39 is 0 Å². The predicted octanol–water partition coefficient (Wildman–Crippen LogP) is 2.70. The maximum Gasteiger partial charge on any atom is 0.00923 e. The number of halogens is 2. The fourth-order valence-corrected chi connectivity index (χ4v) is 2.95. The Bertz CT molecular complexity index is 166. The first-order valence-corrected chi connectivity index (χ1v) is 6.27. The SMILES string of the molecule is CN(CC1CCNC1)C1CCCCC1.Cl.Cl. The van der Waals surface area contributed by atoms with Crippen LogP contribution in [-0.4, -0.2) is 37.6 Å². The van der Waals surface area contributed by atoms with E-state index in [4.69, 9.17) is 0 Å². The largest absolute Gasteiger partial charge is 0.316 e. The summed E-state index contributed by atoms with van der Waals surface area (Å²) in [4.78, 5) is 2.62. The van der Waals surface area contributed by atoms with Crippen molar-refractivity contribution in [3.63, 3.8) is 0 Å². The van der Waals surface area contributed by atoms with Gasteiger partial charge in [-0.3, -0.25) is 0 Å². The third-order valence-corrected chi connectivity index (χ3v) is 3.91. The van der Waals surface area contributed by atoms with Gasteiger partial charge in [0, 0.05) is 12.6 Å². The molecule has 1 heterocycles. The fourth-order valence-electron chi connectivity index (χ4n) is 2.95. The van der Waals surface area contributed by atoms with E-state index >= 15 is 0 Å². The molecule has 1 unspecified atom stereocenters. The second-order valence-corrected chi connectivity index (χ2v) is 5.09. The monoisotopic (exact) mass is 268 g/mol. The first-order chi connectivity index (χ1) is 6.86. The molecular formula is C12H26Cl2N2. The van der Waals surface area contributed by atoms with Gasteiger partial charge in [-0.2, -0.15) is 0 Å². The van der Waals surface area contributed by atoms with Gasteiger partial charge in [0.2, 0.25) is 0 Å². The molecule has 1 aliphatic heterocycles. The third kappa shape index (κ3) is 4.79. The molecule has 0 aromatic heterocycles. The van der Waals surface area contributed by atoms with Crippen LogP contribution in [-0.2, 0) is 0 Å². The average molecular weight is 269 g/mol. The molecular weight excluding hydrogens is 243 g/mol. The number of hydrogen-bond donors (Lipinski definition) is 1. The van der Waals surface area contributed by atoms with E-state index in [2.05, 4.69) is 17.3 Å². The minimum Gasteiger partial charge on any atom is -0.316 e.